The lowest BCUT2D eigenvalue weighted by Crippen LogP contribution is -2.47. The molecule has 1 aliphatic rings. The zero-order valence-corrected chi connectivity index (χ0v) is 20.8. The second-order valence-corrected chi connectivity index (χ2v) is 9.10. The average Bonchev–Trinajstić information content (AvgIpc) is 2.96. The van der Waals surface area contributed by atoms with Crippen molar-refractivity contribution in [2.24, 2.45) is 0 Å². The van der Waals surface area contributed by atoms with Gasteiger partial charge in [0.2, 0.25) is 0 Å². The van der Waals surface area contributed by atoms with E-state index in [0.717, 1.165) is 17.7 Å². The second-order valence-electron chi connectivity index (χ2n) is 9.10. The van der Waals surface area contributed by atoms with Crippen LogP contribution in [0.2, 0.25) is 0 Å². The summed E-state index contributed by atoms with van der Waals surface area (Å²) in [5, 5.41) is 9.99. The molecule has 198 valence electrons. The Balaban J connectivity index is 1.40. The number of alkyl halides is 3. The third-order valence-corrected chi connectivity index (χ3v) is 6.56. The van der Waals surface area contributed by atoms with Gasteiger partial charge in [-0.15, -0.1) is 0 Å². The summed E-state index contributed by atoms with van der Waals surface area (Å²) in [6, 6.07) is 23.6. The van der Waals surface area contributed by atoms with Gasteiger partial charge in [0.25, 0.3) is 0 Å². The number of nitrogens with zero attached hydrogens (tertiary/aromatic N) is 5. The van der Waals surface area contributed by atoms with Gasteiger partial charge in [0.1, 0.15) is 12.3 Å². The number of benzene rings is 3. The maximum atomic E-state index is 13.2. The number of nitriles is 1. The highest BCUT2D eigenvalue weighted by Gasteiger charge is 2.33. The van der Waals surface area contributed by atoms with Crippen molar-refractivity contribution in [2.75, 3.05) is 36.0 Å². The molecule has 0 radical (unpaired) electrons. The topological polar surface area (TPSA) is 82.3 Å². The van der Waals surface area contributed by atoms with E-state index in [1.807, 2.05) is 52.3 Å². The Morgan fingerprint density at radius 1 is 0.897 bits per heavy atom. The number of anilines is 2. The molecular formula is C29H24F3N5O2. The SMILES string of the molecule is N#CC(C(=O)OCc1ccccc1)c1nc2ccccc2nc1N1CCN(c2cccc(C(F)(F)F)c2)CC1. The van der Waals surface area contributed by atoms with Gasteiger partial charge in [0.15, 0.2) is 11.7 Å². The van der Waals surface area contributed by atoms with Gasteiger partial charge in [0, 0.05) is 31.9 Å². The maximum Gasteiger partial charge on any atom is 0.416 e. The summed E-state index contributed by atoms with van der Waals surface area (Å²) >= 11 is 0. The molecule has 10 heteroatoms. The lowest BCUT2D eigenvalue weighted by molar-refractivity contribution is -0.145. The summed E-state index contributed by atoms with van der Waals surface area (Å²) < 4.78 is 45.1. The fourth-order valence-electron chi connectivity index (χ4n) is 4.52. The van der Waals surface area contributed by atoms with Gasteiger partial charge < -0.3 is 14.5 Å². The predicted molar refractivity (Wildman–Crippen MR) is 140 cm³/mol. The first-order valence-electron chi connectivity index (χ1n) is 12.4. The normalized spacial score (nSPS) is 14.6. The predicted octanol–water partition coefficient (Wildman–Crippen LogP) is 5.33. The summed E-state index contributed by atoms with van der Waals surface area (Å²) in [5.41, 5.74) is 1.91. The molecule has 1 fully saturated rings. The highest BCUT2D eigenvalue weighted by atomic mass is 19.4. The number of piperazine rings is 1. The Morgan fingerprint density at radius 3 is 2.21 bits per heavy atom. The number of esters is 1. The van der Waals surface area contributed by atoms with E-state index in [1.165, 1.54) is 6.07 Å². The minimum atomic E-state index is -4.42. The van der Waals surface area contributed by atoms with Crippen LogP contribution in [0.15, 0.2) is 78.9 Å². The Labute approximate surface area is 223 Å². The van der Waals surface area contributed by atoms with Crippen molar-refractivity contribution in [1.82, 2.24) is 9.97 Å². The lowest BCUT2D eigenvalue weighted by Gasteiger charge is -2.37. The highest BCUT2D eigenvalue weighted by molar-refractivity contribution is 5.85. The number of rotatable bonds is 6. The molecule has 0 saturated carbocycles. The van der Waals surface area contributed by atoms with Crippen LogP contribution < -0.4 is 9.80 Å². The first kappa shape index (κ1) is 26.0. The molecule has 1 aliphatic heterocycles. The molecule has 1 unspecified atom stereocenters. The zero-order chi connectivity index (χ0) is 27.4. The van der Waals surface area contributed by atoms with Crippen molar-refractivity contribution < 1.29 is 22.7 Å². The van der Waals surface area contributed by atoms with Gasteiger partial charge in [-0.3, -0.25) is 4.79 Å². The minimum Gasteiger partial charge on any atom is -0.460 e. The van der Waals surface area contributed by atoms with E-state index in [-0.39, 0.29) is 12.3 Å². The minimum absolute atomic E-state index is 0.0177. The summed E-state index contributed by atoms with van der Waals surface area (Å²) in [6.07, 6.45) is -4.42. The molecule has 0 bridgehead atoms. The highest BCUT2D eigenvalue weighted by Crippen LogP contribution is 2.33. The standard InChI is InChI=1S/C29H24F3N5O2/c30-29(31,32)21-9-6-10-22(17-21)36-13-15-37(16-14-36)27-26(34-24-11-4-5-12-25(24)35-27)23(18-33)28(38)39-19-20-7-2-1-3-8-20/h1-12,17,23H,13-16,19H2. The first-order valence-corrected chi connectivity index (χ1v) is 12.4. The quantitative estimate of drug-likeness (QED) is 0.311. The van der Waals surface area contributed by atoms with E-state index in [4.69, 9.17) is 9.72 Å². The Morgan fingerprint density at radius 2 is 1.54 bits per heavy atom. The molecule has 1 saturated heterocycles. The van der Waals surface area contributed by atoms with Crippen LogP contribution in [0.1, 0.15) is 22.7 Å². The Bertz CT molecular complexity index is 1510. The van der Waals surface area contributed by atoms with Crippen LogP contribution in [0.4, 0.5) is 24.7 Å². The van der Waals surface area contributed by atoms with E-state index in [0.29, 0.717) is 48.7 Å². The summed E-state index contributed by atoms with van der Waals surface area (Å²) in [6.45, 7) is 1.68. The molecule has 7 nitrogen and oxygen atoms in total. The number of hydrogen-bond donors (Lipinski definition) is 0. The van der Waals surface area contributed by atoms with Crippen LogP contribution in [0, 0.1) is 11.3 Å². The molecule has 2 heterocycles. The van der Waals surface area contributed by atoms with E-state index >= 15 is 0 Å². The third-order valence-electron chi connectivity index (χ3n) is 6.56. The van der Waals surface area contributed by atoms with Crippen LogP contribution in [0.5, 0.6) is 0 Å². The van der Waals surface area contributed by atoms with Crippen LogP contribution in [0.3, 0.4) is 0 Å². The first-order chi connectivity index (χ1) is 18.8. The molecule has 39 heavy (non-hydrogen) atoms. The van der Waals surface area contributed by atoms with E-state index in [9.17, 15) is 23.2 Å². The molecule has 3 aromatic carbocycles. The molecular weight excluding hydrogens is 507 g/mol. The van der Waals surface area contributed by atoms with Gasteiger partial charge in [-0.25, -0.2) is 9.97 Å². The van der Waals surface area contributed by atoms with E-state index < -0.39 is 23.6 Å². The fourth-order valence-corrected chi connectivity index (χ4v) is 4.52. The van der Waals surface area contributed by atoms with Crippen molar-refractivity contribution >= 4 is 28.5 Å². The molecule has 4 aromatic rings. The summed E-state index contributed by atoms with van der Waals surface area (Å²) in [7, 11) is 0. The van der Waals surface area contributed by atoms with Gasteiger partial charge in [-0.2, -0.15) is 18.4 Å². The molecule has 0 amide bonds. The largest absolute Gasteiger partial charge is 0.460 e. The van der Waals surface area contributed by atoms with Crippen LogP contribution in [-0.2, 0) is 22.3 Å². The number of carbonyl (C=O) groups excluding carboxylic acids is 1. The van der Waals surface area contributed by atoms with Crippen molar-refractivity contribution in [2.45, 2.75) is 18.7 Å². The van der Waals surface area contributed by atoms with Crippen LogP contribution in [-0.4, -0.2) is 42.1 Å². The third kappa shape index (κ3) is 5.77. The number of hydrogen-bond acceptors (Lipinski definition) is 7. The van der Waals surface area contributed by atoms with Gasteiger partial charge >= 0.3 is 12.1 Å². The van der Waals surface area contributed by atoms with Crippen molar-refractivity contribution in [3.63, 3.8) is 0 Å². The number of ether oxygens (including phenoxy) is 1. The molecule has 0 aliphatic carbocycles. The zero-order valence-electron chi connectivity index (χ0n) is 20.8. The summed E-state index contributed by atoms with van der Waals surface area (Å²) in [4.78, 5) is 26.2. The monoisotopic (exact) mass is 531 g/mol. The maximum absolute atomic E-state index is 13.2. The molecule has 0 N–H and O–H groups in total. The Kier molecular flexibility index (Phi) is 7.32. The number of para-hydroxylation sites is 2. The van der Waals surface area contributed by atoms with Crippen LogP contribution >= 0.6 is 0 Å². The van der Waals surface area contributed by atoms with E-state index in [1.54, 1.807) is 24.3 Å². The smallest absolute Gasteiger partial charge is 0.416 e. The number of fused-ring (bicyclic) bond motifs is 1. The summed E-state index contributed by atoms with van der Waals surface area (Å²) in [5.74, 6) is -1.64. The molecule has 1 aromatic heterocycles. The van der Waals surface area contributed by atoms with Crippen molar-refractivity contribution in [1.29, 1.82) is 5.26 Å². The fraction of sp³-hybridized carbons (Fsp3) is 0.241. The molecule has 5 rings (SSSR count). The lowest BCUT2D eigenvalue weighted by atomic mass is 10.1. The van der Waals surface area contributed by atoms with E-state index in [2.05, 4.69) is 4.98 Å². The van der Waals surface area contributed by atoms with Crippen molar-refractivity contribution in [3.05, 3.63) is 95.7 Å². The van der Waals surface area contributed by atoms with Gasteiger partial charge in [0.05, 0.1) is 22.7 Å². The van der Waals surface area contributed by atoms with Gasteiger partial charge in [-0.05, 0) is 35.9 Å². The van der Waals surface area contributed by atoms with Crippen LogP contribution in [0.25, 0.3) is 11.0 Å². The van der Waals surface area contributed by atoms with Crippen molar-refractivity contribution in [3.8, 4) is 6.07 Å². The molecule has 0 spiro atoms. The second kappa shape index (κ2) is 11.0. The number of carbonyl (C=O) groups is 1. The number of halogens is 3. The number of aromatic nitrogens is 2. The van der Waals surface area contributed by atoms with Gasteiger partial charge in [-0.1, -0.05) is 48.5 Å². The Hall–Kier alpha value is -4.65. The average molecular weight is 532 g/mol. The molecule has 1 atom stereocenters.